The summed E-state index contributed by atoms with van der Waals surface area (Å²) < 4.78 is 100.0. The van der Waals surface area contributed by atoms with Crippen molar-refractivity contribution in [2.24, 2.45) is 5.92 Å². The summed E-state index contributed by atoms with van der Waals surface area (Å²) in [6, 6.07) is 10.3. The molecule has 4 nitrogen and oxygen atoms in total. The first-order chi connectivity index (χ1) is 17.6. The van der Waals surface area contributed by atoms with Gasteiger partial charge < -0.3 is 18.9 Å². The minimum absolute atomic E-state index is 0.0211. The van der Waals surface area contributed by atoms with E-state index in [4.69, 9.17) is 14.2 Å². The molecule has 1 heterocycles. The molecule has 3 aromatic carbocycles. The number of halogens is 6. The summed E-state index contributed by atoms with van der Waals surface area (Å²) in [5.74, 6) is -4.69. The Hall–Kier alpha value is -2.82. The van der Waals surface area contributed by atoms with Crippen LogP contribution in [0, 0.1) is 23.4 Å². The zero-order chi connectivity index (χ0) is 26.6. The van der Waals surface area contributed by atoms with Gasteiger partial charge in [-0.15, -0.1) is 13.2 Å². The lowest BCUT2D eigenvalue weighted by Gasteiger charge is -2.29. The molecule has 1 saturated heterocycles. The van der Waals surface area contributed by atoms with Gasteiger partial charge in [0.1, 0.15) is 5.82 Å². The van der Waals surface area contributed by atoms with Crippen LogP contribution in [-0.4, -0.2) is 39.6 Å². The maximum atomic E-state index is 15.1. The number of hydrogen-bond donors (Lipinski definition) is 0. The molecule has 0 atom stereocenters. The lowest BCUT2D eigenvalue weighted by molar-refractivity contribution is -0.276. The van der Waals surface area contributed by atoms with Crippen LogP contribution < -0.4 is 4.74 Å². The van der Waals surface area contributed by atoms with Crippen LogP contribution in [0.5, 0.6) is 5.75 Å². The van der Waals surface area contributed by atoms with E-state index in [1.165, 1.54) is 0 Å². The van der Waals surface area contributed by atoms with Crippen LogP contribution in [0.25, 0.3) is 10.8 Å². The largest absolute Gasteiger partial charge is 0.573 e. The quantitative estimate of drug-likeness (QED) is 0.297. The smallest absolute Gasteiger partial charge is 0.399 e. The van der Waals surface area contributed by atoms with Crippen LogP contribution in [0.1, 0.15) is 23.1 Å². The Bertz CT molecular complexity index is 1200. The van der Waals surface area contributed by atoms with Gasteiger partial charge >= 0.3 is 6.36 Å². The minimum atomic E-state index is -5.22. The average Bonchev–Trinajstić information content (AvgIpc) is 2.85. The Balaban J connectivity index is 1.38. The van der Waals surface area contributed by atoms with Gasteiger partial charge in [-0.3, -0.25) is 0 Å². The van der Waals surface area contributed by atoms with Crippen LogP contribution in [0.15, 0.2) is 42.5 Å². The van der Waals surface area contributed by atoms with Crippen molar-refractivity contribution in [3.05, 3.63) is 76.6 Å². The van der Waals surface area contributed by atoms with Gasteiger partial charge in [0.15, 0.2) is 17.9 Å². The molecule has 0 unspecified atom stereocenters. The van der Waals surface area contributed by atoms with E-state index in [2.05, 4.69) is 4.74 Å². The lowest BCUT2D eigenvalue weighted by Crippen LogP contribution is -2.34. The lowest BCUT2D eigenvalue weighted by atomic mass is 9.98. The Kier molecular flexibility index (Phi) is 8.61. The van der Waals surface area contributed by atoms with Gasteiger partial charge in [0, 0.05) is 24.8 Å². The molecular formula is C27H26F6O4. The topological polar surface area (TPSA) is 36.9 Å². The van der Waals surface area contributed by atoms with Gasteiger partial charge in [0.25, 0.3) is 0 Å². The number of hydrogen-bond acceptors (Lipinski definition) is 4. The first-order valence-corrected chi connectivity index (χ1v) is 11.8. The third-order valence-corrected chi connectivity index (χ3v) is 6.16. The van der Waals surface area contributed by atoms with Crippen molar-refractivity contribution >= 4 is 10.8 Å². The van der Waals surface area contributed by atoms with E-state index < -0.39 is 29.6 Å². The van der Waals surface area contributed by atoms with Crippen molar-refractivity contribution in [3.8, 4) is 5.75 Å². The number of ether oxygens (including phenoxy) is 4. The van der Waals surface area contributed by atoms with Gasteiger partial charge in [-0.05, 0) is 53.5 Å². The van der Waals surface area contributed by atoms with Gasteiger partial charge in [-0.2, -0.15) is 0 Å². The molecular weight excluding hydrogens is 502 g/mol. The van der Waals surface area contributed by atoms with Crippen molar-refractivity contribution in [2.75, 3.05) is 26.9 Å². The zero-order valence-corrected chi connectivity index (χ0v) is 20.0. The summed E-state index contributed by atoms with van der Waals surface area (Å²) in [4.78, 5) is 0. The van der Waals surface area contributed by atoms with Gasteiger partial charge in [0.05, 0.1) is 19.8 Å². The normalized spacial score (nSPS) is 18.4. The third-order valence-electron chi connectivity index (χ3n) is 6.16. The molecule has 1 aliphatic rings. The Morgan fingerprint density at radius 2 is 1.57 bits per heavy atom. The first-order valence-electron chi connectivity index (χ1n) is 11.8. The van der Waals surface area contributed by atoms with Crippen LogP contribution in [0.2, 0.25) is 0 Å². The molecule has 0 saturated carbocycles. The van der Waals surface area contributed by atoms with E-state index >= 15 is 4.39 Å². The fraction of sp³-hybridized carbons (Fsp3) is 0.407. The van der Waals surface area contributed by atoms with E-state index in [1.807, 2.05) is 12.1 Å². The van der Waals surface area contributed by atoms with E-state index in [-0.39, 0.29) is 30.6 Å². The summed E-state index contributed by atoms with van der Waals surface area (Å²) in [7, 11) is 1.64. The highest BCUT2D eigenvalue weighted by molar-refractivity contribution is 5.84. The maximum absolute atomic E-state index is 15.1. The van der Waals surface area contributed by atoms with Gasteiger partial charge in [-0.25, -0.2) is 13.2 Å². The van der Waals surface area contributed by atoms with Gasteiger partial charge in [0.2, 0.25) is 5.75 Å². The summed E-state index contributed by atoms with van der Waals surface area (Å²) in [6.45, 7) is 1.74. The van der Waals surface area contributed by atoms with E-state index in [0.29, 0.717) is 49.0 Å². The summed E-state index contributed by atoms with van der Waals surface area (Å²) in [5.41, 5.74) is 1.41. The summed E-state index contributed by atoms with van der Waals surface area (Å²) in [5, 5.41) is 1.11. The molecule has 0 N–H and O–H groups in total. The van der Waals surface area contributed by atoms with Crippen LogP contribution in [0.3, 0.4) is 0 Å². The molecule has 4 rings (SSSR count). The molecule has 0 bridgehead atoms. The highest BCUT2D eigenvalue weighted by atomic mass is 19.4. The van der Waals surface area contributed by atoms with Crippen molar-refractivity contribution in [2.45, 2.75) is 38.3 Å². The highest BCUT2D eigenvalue weighted by Crippen LogP contribution is 2.30. The van der Waals surface area contributed by atoms with E-state index in [1.54, 1.807) is 25.3 Å². The second-order valence-corrected chi connectivity index (χ2v) is 8.99. The predicted molar refractivity (Wildman–Crippen MR) is 124 cm³/mol. The number of aryl methyl sites for hydroxylation is 3. The van der Waals surface area contributed by atoms with Crippen molar-refractivity contribution in [1.82, 2.24) is 0 Å². The van der Waals surface area contributed by atoms with Crippen molar-refractivity contribution < 1.29 is 45.3 Å². The predicted octanol–water partition coefficient (Wildman–Crippen LogP) is 6.51. The monoisotopic (exact) mass is 528 g/mol. The molecule has 37 heavy (non-hydrogen) atoms. The molecule has 0 spiro atoms. The SMILES string of the molecule is COCC1COC(CCc2ccc3c(F)c(CCc4cc(F)c(OC(F)(F)F)c(F)c4)ccc3c2)OC1. The molecule has 1 fully saturated rings. The molecule has 0 aliphatic carbocycles. The summed E-state index contributed by atoms with van der Waals surface area (Å²) >= 11 is 0. The van der Waals surface area contributed by atoms with Crippen molar-refractivity contribution in [3.63, 3.8) is 0 Å². The molecule has 0 radical (unpaired) electrons. The third kappa shape index (κ3) is 7.15. The van der Waals surface area contributed by atoms with Crippen LogP contribution in [-0.2, 0) is 33.5 Å². The Morgan fingerprint density at radius 1 is 0.865 bits per heavy atom. The maximum Gasteiger partial charge on any atom is 0.573 e. The van der Waals surface area contributed by atoms with Crippen molar-refractivity contribution in [1.29, 1.82) is 0 Å². The molecule has 3 aromatic rings. The second kappa shape index (κ2) is 11.7. The number of alkyl halides is 3. The molecule has 10 heteroatoms. The average molecular weight is 528 g/mol. The zero-order valence-electron chi connectivity index (χ0n) is 20.0. The molecule has 1 aliphatic heterocycles. The van der Waals surface area contributed by atoms with Crippen LogP contribution in [0.4, 0.5) is 26.3 Å². The Morgan fingerprint density at radius 3 is 2.22 bits per heavy atom. The van der Waals surface area contributed by atoms with Crippen LogP contribution >= 0.6 is 0 Å². The summed E-state index contributed by atoms with van der Waals surface area (Å²) in [6.07, 6.45) is -4.06. The Labute approximate surface area is 210 Å². The number of rotatable bonds is 9. The highest BCUT2D eigenvalue weighted by Gasteiger charge is 2.34. The number of benzene rings is 3. The second-order valence-electron chi connectivity index (χ2n) is 8.99. The fourth-order valence-electron chi connectivity index (χ4n) is 4.35. The molecule has 0 amide bonds. The molecule has 0 aromatic heterocycles. The van der Waals surface area contributed by atoms with E-state index in [9.17, 15) is 22.0 Å². The number of fused-ring (bicyclic) bond motifs is 1. The number of methoxy groups -OCH3 is 1. The standard InChI is InChI=1S/C27H26F6O4/c1-34-13-18-14-35-24(36-15-18)9-4-16-3-8-21-20(10-16)7-6-19(25(21)30)5-2-17-11-22(28)26(23(29)12-17)37-27(31,32)33/h3,6-8,10-12,18,24H,2,4-5,9,13-15H2,1H3. The van der Waals surface area contributed by atoms with E-state index in [0.717, 1.165) is 17.7 Å². The van der Waals surface area contributed by atoms with Gasteiger partial charge in [-0.1, -0.05) is 30.3 Å². The molecule has 200 valence electrons. The fourth-order valence-corrected chi connectivity index (χ4v) is 4.35. The first kappa shape index (κ1) is 27.2. The minimum Gasteiger partial charge on any atom is -0.399 e.